The van der Waals surface area contributed by atoms with Gasteiger partial charge in [0.1, 0.15) is 5.82 Å². The third-order valence-electron chi connectivity index (χ3n) is 1.39. The van der Waals surface area contributed by atoms with Crippen LogP contribution in [0.1, 0.15) is 5.82 Å². The molecule has 2 rings (SSSR count). The lowest BCUT2D eigenvalue weighted by Gasteiger charge is -1.91. The molecule has 0 atom stereocenters. The first-order chi connectivity index (χ1) is 5.27. The molecule has 0 saturated heterocycles. The molecule has 0 bridgehead atoms. The average Bonchev–Trinajstić information content (AvgIpc) is 2.31. The zero-order chi connectivity index (χ0) is 7.84. The summed E-state index contributed by atoms with van der Waals surface area (Å²) in [7, 11) is 0. The van der Waals surface area contributed by atoms with Gasteiger partial charge in [-0.25, -0.2) is 14.5 Å². The fraction of sp³-hybridized carbons (Fsp3) is 0.167. The fourth-order valence-corrected chi connectivity index (χ4v) is 0.943. The number of nitrogen functional groups attached to an aromatic ring is 1. The fourth-order valence-electron chi connectivity index (χ4n) is 0.943. The van der Waals surface area contributed by atoms with Crippen LogP contribution in [0.3, 0.4) is 0 Å². The number of hydrogen-bond acceptors (Lipinski definition) is 4. The Morgan fingerprint density at radius 1 is 1.55 bits per heavy atom. The monoisotopic (exact) mass is 149 g/mol. The van der Waals surface area contributed by atoms with Gasteiger partial charge in [-0.1, -0.05) is 0 Å². The Bertz CT molecular complexity index is 391. The summed E-state index contributed by atoms with van der Waals surface area (Å²) < 4.78 is 1.61. The molecule has 2 heterocycles. The lowest BCUT2D eigenvalue weighted by molar-refractivity contribution is 0.922. The van der Waals surface area contributed by atoms with Gasteiger partial charge >= 0.3 is 0 Å². The topological polar surface area (TPSA) is 69.1 Å². The van der Waals surface area contributed by atoms with E-state index in [2.05, 4.69) is 15.1 Å². The SMILES string of the molecule is Cc1nc2c(N)nccn2n1. The quantitative estimate of drug-likeness (QED) is 0.573. The molecule has 2 N–H and O–H groups in total. The number of aromatic nitrogens is 4. The Kier molecular flexibility index (Phi) is 1.06. The zero-order valence-electron chi connectivity index (χ0n) is 6.02. The number of nitrogens with two attached hydrogens (primary N) is 1. The average molecular weight is 149 g/mol. The largest absolute Gasteiger partial charge is 0.381 e. The third kappa shape index (κ3) is 0.813. The number of hydrogen-bond donors (Lipinski definition) is 1. The molecule has 11 heavy (non-hydrogen) atoms. The van der Waals surface area contributed by atoms with Crippen LogP contribution in [0.4, 0.5) is 5.82 Å². The van der Waals surface area contributed by atoms with Crippen molar-refractivity contribution < 1.29 is 0 Å². The predicted molar refractivity (Wildman–Crippen MR) is 39.9 cm³/mol. The van der Waals surface area contributed by atoms with Gasteiger partial charge in [-0.2, -0.15) is 5.10 Å². The molecule has 0 aliphatic rings. The van der Waals surface area contributed by atoms with E-state index in [9.17, 15) is 0 Å². The van der Waals surface area contributed by atoms with Crippen molar-refractivity contribution in [2.24, 2.45) is 0 Å². The highest BCUT2D eigenvalue weighted by atomic mass is 15.3. The Balaban J connectivity index is 2.90. The molecule has 0 spiro atoms. The summed E-state index contributed by atoms with van der Waals surface area (Å²) in [4.78, 5) is 7.95. The van der Waals surface area contributed by atoms with Gasteiger partial charge in [0.25, 0.3) is 0 Å². The molecule has 0 saturated carbocycles. The van der Waals surface area contributed by atoms with Crippen LogP contribution in [0.5, 0.6) is 0 Å². The number of rotatable bonds is 0. The molecule has 5 nitrogen and oxygen atoms in total. The van der Waals surface area contributed by atoms with Crippen molar-refractivity contribution in [1.29, 1.82) is 0 Å². The van der Waals surface area contributed by atoms with E-state index in [0.29, 0.717) is 17.3 Å². The molecule has 0 aromatic carbocycles. The molecule has 0 fully saturated rings. The van der Waals surface area contributed by atoms with E-state index in [1.165, 1.54) is 0 Å². The summed E-state index contributed by atoms with van der Waals surface area (Å²) in [5.74, 6) is 1.11. The minimum absolute atomic E-state index is 0.410. The van der Waals surface area contributed by atoms with E-state index in [-0.39, 0.29) is 0 Å². The Morgan fingerprint density at radius 2 is 2.36 bits per heavy atom. The van der Waals surface area contributed by atoms with Crippen LogP contribution in [-0.4, -0.2) is 19.6 Å². The highest BCUT2D eigenvalue weighted by molar-refractivity contribution is 5.58. The van der Waals surface area contributed by atoms with Crippen LogP contribution >= 0.6 is 0 Å². The first-order valence-electron chi connectivity index (χ1n) is 3.21. The predicted octanol–water partition coefficient (Wildman–Crippen LogP) is 0.0149. The second kappa shape index (κ2) is 1.91. The van der Waals surface area contributed by atoms with Gasteiger partial charge in [0.05, 0.1) is 0 Å². The smallest absolute Gasteiger partial charge is 0.198 e. The van der Waals surface area contributed by atoms with Gasteiger partial charge in [0.15, 0.2) is 11.5 Å². The van der Waals surface area contributed by atoms with E-state index in [1.807, 2.05) is 6.92 Å². The van der Waals surface area contributed by atoms with Crippen LogP contribution in [0.25, 0.3) is 5.65 Å². The summed E-state index contributed by atoms with van der Waals surface area (Å²) in [5.41, 5.74) is 6.15. The normalized spacial score (nSPS) is 10.6. The molecule has 56 valence electrons. The lowest BCUT2D eigenvalue weighted by atomic mass is 10.6. The molecule has 2 aromatic rings. The zero-order valence-corrected chi connectivity index (χ0v) is 6.02. The third-order valence-corrected chi connectivity index (χ3v) is 1.39. The number of anilines is 1. The maximum atomic E-state index is 5.54. The second-order valence-electron chi connectivity index (χ2n) is 2.24. The summed E-state index contributed by atoms with van der Waals surface area (Å²) >= 11 is 0. The van der Waals surface area contributed by atoms with Crippen molar-refractivity contribution in [3.05, 3.63) is 18.2 Å². The van der Waals surface area contributed by atoms with Crippen molar-refractivity contribution >= 4 is 11.5 Å². The van der Waals surface area contributed by atoms with Crippen molar-refractivity contribution in [2.45, 2.75) is 6.92 Å². The minimum atomic E-state index is 0.410. The first kappa shape index (κ1) is 6.09. The lowest BCUT2D eigenvalue weighted by Crippen LogP contribution is -1.95. The molecule has 0 aliphatic heterocycles. The van der Waals surface area contributed by atoms with Crippen molar-refractivity contribution in [3.63, 3.8) is 0 Å². The summed E-state index contributed by atoms with van der Waals surface area (Å²) in [6.45, 7) is 1.81. The van der Waals surface area contributed by atoms with Crippen molar-refractivity contribution in [2.75, 3.05) is 5.73 Å². The van der Waals surface area contributed by atoms with Crippen LogP contribution in [-0.2, 0) is 0 Å². The first-order valence-corrected chi connectivity index (χ1v) is 3.21. The van der Waals surface area contributed by atoms with Crippen LogP contribution < -0.4 is 5.73 Å². The number of nitrogens with zero attached hydrogens (tertiary/aromatic N) is 4. The highest BCUT2D eigenvalue weighted by Gasteiger charge is 2.01. The van der Waals surface area contributed by atoms with Crippen LogP contribution in [0.15, 0.2) is 12.4 Å². The van der Waals surface area contributed by atoms with Gasteiger partial charge in [-0.05, 0) is 6.92 Å². The second-order valence-corrected chi connectivity index (χ2v) is 2.24. The summed E-state index contributed by atoms with van der Waals surface area (Å²) in [5, 5.41) is 4.06. The minimum Gasteiger partial charge on any atom is -0.381 e. The Morgan fingerprint density at radius 3 is 3.09 bits per heavy atom. The highest BCUT2D eigenvalue weighted by Crippen LogP contribution is 2.05. The molecule has 0 aliphatic carbocycles. The summed E-state index contributed by atoms with van der Waals surface area (Å²) in [6.07, 6.45) is 3.31. The molecular formula is C6H7N5. The Hall–Kier alpha value is -1.65. The maximum absolute atomic E-state index is 5.54. The molecular weight excluding hydrogens is 142 g/mol. The molecule has 0 radical (unpaired) electrons. The van der Waals surface area contributed by atoms with Crippen molar-refractivity contribution in [3.8, 4) is 0 Å². The van der Waals surface area contributed by atoms with E-state index < -0.39 is 0 Å². The van der Waals surface area contributed by atoms with Gasteiger partial charge < -0.3 is 5.73 Å². The van der Waals surface area contributed by atoms with Gasteiger partial charge in [-0.15, -0.1) is 0 Å². The summed E-state index contributed by atoms with van der Waals surface area (Å²) in [6, 6.07) is 0. The molecule has 5 heteroatoms. The number of aryl methyl sites for hydroxylation is 1. The molecule has 0 amide bonds. The van der Waals surface area contributed by atoms with E-state index >= 15 is 0 Å². The van der Waals surface area contributed by atoms with Crippen LogP contribution in [0.2, 0.25) is 0 Å². The van der Waals surface area contributed by atoms with E-state index in [4.69, 9.17) is 5.73 Å². The van der Waals surface area contributed by atoms with Gasteiger partial charge in [0.2, 0.25) is 0 Å². The van der Waals surface area contributed by atoms with Gasteiger partial charge in [0, 0.05) is 12.4 Å². The molecule has 0 unspecified atom stereocenters. The Labute approximate surface area is 62.9 Å². The maximum Gasteiger partial charge on any atom is 0.198 e. The number of fused-ring (bicyclic) bond motifs is 1. The van der Waals surface area contributed by atoms with Gasteiger partial charge in [-0.3, -0.25) is 0 Å². The van der Waals surface area contributed by atoms with Crippen LogP contribution in [0, 0.1) is 6.92 Å². The van der Waals surface area contributed by atoms with E-state index in [1.54, 1.807) is 16.9 Å². The van der Waals surface area contributed by atoms with Crippen molar-refractivity contribution in [1.82, 2.24) is 19.6 Å². The van der Waals surface area contributed by atoms with E-state index in [0.717, 1.165) is 0 Å². The standard InChI is InChI=1S/C6H7N5/c1-4-9-6-5(7)8-2-3-11(6)10-4/h2-3H,1H3,(H2,7,8). The molecule has 2 aromatic heterocycles.